The molecular formula is C15H13Br2NO4S. The smallest absolute Gasteiger partial charge is 0.349 e. The summed E-state index contributed by atoms with van der Waals surface area (Å²) in [7, 11) is 1.51. The summed E-state index contributed by atoms with van der Waals surface area (Å²) in [5.74, 6) is -0.452. The third-order valence-electron chi connectivity index (χ3n) is 2.86. The van der Waals surface area contributed by atoms with Gasteiger partial charge in [0.05, 0.1) is 16.6 Å². The SMILES string of the molecule is COc1ccccc1NC(=O)C(C)OC(=O)c1cc(Br)c(Br)s1. The van der Waals surface area contributed by atoms with Gasteiger partial charge in [0, 0.05) is 4.47 Å². The number of ether oxygens (including phenoxy) is 2. The summed E-state index contributed by atoms with van der Waals surface area (Å²) in [6.45, 7) is 1.51. The molecule has 122 valence electrons. The molecule has 0 spiro atoms. The van der Waals surface area contributed by atoms with Crippen LogP contribution in [0.2, 0.25) is 0 Å². The first-order chi connectivity index (χ1) is 10.9. The topological polar surface area (TPSA) is 64.6 Å². The highest BCUT2D eigenvalue weighted by Gasteiger charge is 2.21. The fraction of sp³-hybridized carbons (Fsp3) is 0.200. The number of nitrogens with one attached hydrogen (secondary N) is 1. The Balaban J connectivity index is 2.01. The zero-order chi connectivity index (χ0) is 17.0. The van der Waals surface area contributed by atoms with E-state index >= 15 is 0 Å². The summed E-state index contributed by atoms with van der Waals surface area (Å²) >= 11 is 7.84. The van der Waals surface area contributed by atoms with Crippen molar-refractivity contribution in [3.05, 3.63) is 43.5 Å². The van der Waals surface area contributed by atoms with Crippen molar-refractivity contribution in [2.24, 2.45) is 0 Å². The van der Waals surface area contributed by atoms with Gasteiger partial charge in [-0.2, -0.15) is 0 Å². The van der Waals surface area contributed by atoms with E-state index in [1.807, 2.05) is 0 Å². The Morgan fingerprint density at radius 2 is 1.96 bits per heavy atom. The average molecular weight is 463 g/mol. The van der Waals surface area contributed by atoms with Gasteiger partial charge in [0.2, 0.25) is 0 Å². The van der Waals surface area contributed by atoms with Crippen LogP contribution in [0.1, 0.15) is 16.6 Å². The number of amides is 1. The average Bonchev–Trinajstić information content (AvgIpc) is 2.87. The third-order valence-corrected chi connectivity index (χ3v) is 6.10. The molecule has 0 bridgehead atoms. The number of methoxy groups -OCH3 is 1. The summed E-state index contributed by atoms with van der Waals surface area (Å²) in [4.78, 5) is 24.6. The lowest BCUT2D eigenvalue weighted by Crippen LogP contribution is -2.29. The molecule has 1 N–H and O–H groups in total. The van der Waals surface area contributed by atoms with Gasteiger partial charge in [-0.1, -0.05) is 12.1 Å². The van der Waals surface area contributed by atoms with Gasteiger partial charge in [0.1, 0.15) is 10.6 Å². The number of benzene rings is 1. The van der Waals surface area contributed by atoms with Crippen LogP contribution in [-0.2, 0) is 9.53 Å². The first kappa shape index (κ1) is 18.0. The number of rotatable bonds is 5. The van der Waals surface area contributed by atoms with Crippen molar-refractivity contribution in [1.82, 2.24) is 0 Å². The predicted octanol–water partition coefficient (Wildman–Crippen LogP) is 4.47. The van der Waals surface area contributed by atoms with E-state index in [0.29, 0.717) is 16.3 Å². The summed E-state index contributed by atoms with van der Waals surface area (Å²) in [5, 5.41) is 2.68. The molecule has 0 saturated carbocycles. The number of hydrogen-bond donors (Lipinski definition) is 1. The lowest BCUT2D eigenvalue weighted by atomic mass is 10.2. The monoisotopic (exact) mass is 461 g/mol. The van der Waals surface area contributed by atoms with Crippen LogP contribution in [-0.4, -0.2) is 25.1 Å². The summed E-state index contributed by atoms with van der Waals surface area (Å²) < 4.78 is 11.9. The first-order valence-electron chi connectivity index (χ1n) is 6.52. The summed E-state index contributed by atoms with van der Waals surface area (Å²) in [6, 6.07) is 8.65. The highest BCUT2D eigenvalue weighted by molar-refractivity contribution is 9.13. The lowest BCUT2D eigenvalue weighted by Gasteiger charge is -2.14. The van der Waals surface area contributed by atoms with Gasteiger partial charge < -0.3 is 14.8 Å². The second-order valence-corrected chi connectivity index (χ2v) is 7.69. The normalized spacial score (nSPS) is 11.7. The van der Waals surface area contributed by atoms with E-state index in [0.717, 1.165) is 8.26 Å². The van der Waals surface area contributed by atoms with Gasteiger partial charge >= 0.3 is 5.97 Å². The van der Waals surface area contributed by atoms with E-state index in [4.69, 9.17) is 9.47 Å². The zero-order valence-corrected chi connectivity index (χ0v) is 16.2. The van der Waals surface area contributed by atoms with Gasteiger partial charge in [0.15, 0.2) is 6.10 Å². The molecule has 1 aromatic heterocycles. The maximum Gasteiger partial charge on any atom is 0.349 e. The van der Waals surface area contributed by atoms with Crippen LogP contribution >= 0.6 is 43.2 Å². The van der Waals surface area contributed by atoms with Crippen LogP contribution in [0.15, 0.2) is 38.6 Å². The van der Waals surface area contributed by atoms with Crippen molar-refractivity contribution in [2.45, 2.75) is 13.0 Å². The van der Waals surface area contributed by atoms with Gasteiger partial charge in [-0.15, -0.1) is 11.3 Å². The van der Waals surface area contributed by atoms with Crippen molar-refractivity contribution >= 4 is 60.8 Å². The molecule has 2 aromatic rings. The number of anilines is 1. The number of esters is 1. The molecule has 0 aliphatic heterocycles. The number of carbonyl (C=O) groups is 2. The maximum absolute atomic E-state index is 12.2. The van der Waals surface area contributed by atoms with Crippen molar-refractivity contribution in [3.63, 3.8) is 0 Å². The fourth-order valence-electron chi connectivity index (χ4n) is 1.70. The zero-order valence-electron chi connectivity index (χ0n) is 12.3. The lowest BCUT2D eigenvalue weighted by molar-refractivity contribution is -0.123. The molecule has 0 aliphatic rings. The van der Waals surface area contributed by atoms with Crippen molar-refractivity contribution in [3.8, 4) is 5.75 Å². The van der Waals surface area contributed by atoms with Gasteiger partial charge in [0.25, 0.3) is 5.91 Å². The number of carbonyl (C=O) groups excluding carboxylic acids is 2. The Morgan fingerprint density at radius 1 is 1.26 bits per heavy atom. The van der Waals surface area contributed by atoms with Crippen LogP contribution in [0.5, 0.6) is 5.75 Å². The summed E-state index contributed by atoms with van der Waals surface area (Å²) in [6.07, 6.45) is -0.938. The first-order valence-corrected chi connectivity index (χ1v) is 8.92. The molecule has 2 rings (SSSR count). The van der Waals surface area contributed by atoms with Crippen LogP contribution in [0.25, 0.3) is 0 Å². The Bertz CT molecular complexity index is 713. The van der Waals surface area contributed by atoms with Crippen molar-refractivity contribution < 1.29 is 19.1 Å². The molecule has 0 fully saturated rings. The molecule has 1 heterocycles. The van der Waals surface area contributed by atoms with E-state index < -0.39 is 18.0 Å². The van der Waals surface area contributed by atoms with Crippen LogP contribution in [0.3, 0.4) is 0 Å². The van der Waals surface area contributed by atoms with Gasteiger partial charge in [-0.3, -0.25) is 4.79 Å². The number of thiophene rings is 1. The Morgan fingerprint density at radius 3 is 2.57 bits per heavy atom. The van der Waals surface area contributed by atoms with Crippen LogP contribution in [0.4, 0.5) is 5.69 Å². The molecule has 5 nitrogen and oxygen atoms in total. The molecule has 0 aliphatic carbocycles. The minimum absolute atomic E-state index is 0.403. The van der Waals surface area contributed by atoms with Crippen LogP contribution < -0.4 is 10.1 Å². The minimum Gasteiger partial charge on any atom is -0.495 e. The second kappa shape index (κ2) is 7.94. The molecule has 0 radical (unpaired) electrons. The third kappa shape index (κ3) is 4.55. The quantitative estimate of drug-likeness (QED) is 0.666. The number of hydrogen-bond acceptors (Lipinski definition) is 5. The van der Waals surface area contributed by atoms with Gasteiger partial charge in [-0.25, -0.2) is 4.79 Å². The van der Waals surface area contributed by atoms with E-state index in [1.54, 1.807) is 30.3 Å². The Labute approximate surface area is 154 Å². The molecule has 1 atom stereocenters. The predicted molar refractivity (Wildman–Crippen MR) is 96.2 cm³/mol. The highest BCUT2D eigenvalue weighted by atomic mass is 79.9. The second-order valence-electron chi connectivity index (χ2n) is 4.47. The van der Waals surface area contributed by atoms with E-state index in [2.05, 4.69) is 37.2 Å². The van der Waals surface area contributed by atoms with E-state index in [1.165, 1.54) is 25.4 Å². The molecule has 1 amide bonds. The highest BCUT2D eigenvalue weighted by Crippen LogP contribution is 2.33. The molecule has 1 aromatic carbocycles. The van der Waals surface area contributed by atoms with Crippen molar-refractivity contribution in [1.29, 1.82) is 0 Å². The largest absolute Gasteiger partial charge is 0.495 e. The van der Waals surface area contributed by atoms with Crippen molar-refractivity contribution in [2.75, 3.05) is 12.4 Å². The summed E-state index contributed by atoms with van der Waals surface area (Å²) in [5.41, 5.74) is 0.518. The maximum atomic E-state index is 12.2. The molecule has 0 saturated heterocycles. The van der Waals surface area contributed by atoms with E-state index in [-0.39, 0.29) is 0 Å². The Kier molecular flexibility index (Phi) is 6.20. The number of para-hydroxylation sites is 2. The number of halogens is 2. The Hall–Kier alpha value is -1.38. The van der Waals surface area contributed by atoms with Crippen LogP contribution in [0, 0.1) is 0 Å². The molecular weight excluding hydrogens is 450 g/mol. The molecule has 23 heavy (non-hydrogen) atoms. The molecule has 8 heteroatoms. The molecule has 1 unspecified atom stereocenters. The minimum atomic E-state index is -0.938. The van der Waals surface area contributed by atoms with Gasteiger partial charge in [-0.05, 0) is 57.0 Å². The fourth-order valence-corrected chi connectivity index (χ4v) is 3.62. The standard InChI is InChI=1S/C15H13Br2NO4S/c1-8(22-15(20)12-7-9(16)13(17)23-12)14(19)18-10-5-3-4-6-11(10)21-2/h3-8H,1-2H3,(H,18,19). The van der Waals surface area contributed by atoms with E-state index in [9.17, 15) is 9.59 Å².